The molecule has 0 saturated carbocycles. The summed E-state index contributed by atoms with van der Waals surface area (Å²) in [7, 11) is 0. The van der Waals surface area contributed by atoms with Gasteiger partial charge >= 0.3 is 152 Å². The summed E-state index contributed by atoms with van der Waals surface area (Å²) < 4.78 is 95.0. The van der Waals surface area contributed by atoms with E-state index in [0.717, 1.165) is 49.9 Å². The second-order valence-electron chi connectivity index (χ2n) is 19.1. The number of amides is 2. The van der Waals surface area contributed by atoms with Crippen LogP contribution in [0.25, 0.3) is 0 Å². The van der Waals surface area contributed by atoms with Crippen molar-refractivity contribution >= 4 is 72.5 Å². The Kier molecular flexibility index (Phi) is 20.1. The van der Waals surface area contributed by atoms with E-state index in [1.807, 2.05) is 0 Å². The first-order valence-corrected chi connectivity index (χ1v) is 28.1. The fraction of sp³-hybridized carbons (Fsp3) is 0.471. The van der Waals surface area contributed by atoms with E-state index in [0.29, 0.717) is 11.1 Å². The SMILES string of the molecule is CC(=O)OI1(OC(C)=O)(OC(C)=O)OC(=O)c2ccccc21.CCOC(=O)C(=O)C1C[C@@H](c2cc(F)cc(F)c2)CN1C(=O)OC(C)(C)C.CCOC(=O)C(O)C1C[C@@H](c2cc(F)cc(F)c2)CN1C(=O)OC(C)(C)C. The number of halogens is 5. The van der Waals surface area contributed by atoms with Crippen LogP contribution in [-0.2, 0) is 60.0 Å². The Morgan fingerprint density at radius 3 is 1.51 bits per heavy atom. The number of likely N-dealkylation sites (tertiary alicyclic amines) is 2. The van der Waals surface area contributed by atoms with Crippen LogP contribution in [0, 0.1) is 26.8 Å². The molecule has 3 heterocycles. The Hall–Kier alpha value is -6.90. The number of fused-ring (bicyclic) bond motifs is 1. The average Bonchev–Trinajstić information content (AvgIpc) is 3.99. The van der Waals surface area contributed by atoms with Gasteiger partial charge in [0.2, 0.25) is 0 Å². The molecular formula is C51H61F4IN2O18. The summed E-state index contributed by atoms with van der Waals surface area (Å²) in [4.78, 5) is 110. The number of aliphatic hydroxyl groups excluding tert-OH is 1. The van der Waals surface area contributed by atoms with Crippen molar-refractivity contribution < 1.29 is 97.0 Å². The molecule has 5 atom stereocenters. The Balaban J connectivity index is 0.000000248. The summed E-state index contributed by atoms with van der Waals surface area (Å²) in [6, 6.07) is 9.94. The number of ether oxygens (including phenoxy) is 4. The van der Waals surface area contributed by atoms with Gasteiger partial charge in [-0.3, -0.25) is 9.69 Å². The van der Waals surface area contributed by atoms with Gasteiger partial charge in [-0.15, -0.1) is 0 Å². The molecule has 1 N–H and O–H groups in total. The number of benzene rings is 3. The number of Topliss-reactive ketones (excluding diaryl/α,β-unsaturated/α-hetero) is 1. The molecule has 3 aliphatic heterocycles. The fourth-order valence-corrected chi connectivity index (χ4v) is 15.8. The zero-order valence-corrected chi connectivity index (χ0v) is 45.7. The van der Waals surface area contributed by atoms with E-state index in [1.54, 1.807) is 61.5 Å². The summed E-state index contributed by atoms with van der Waals surface area (Å²) in [5, 5.41) is 10.4. The van der Waals surface area contributed by atoms with Gasteiger partial charge < -0.3 is 29.0 Å². The maximum absolute atomic E-state index is 13.6. The Morgan fingerprint density at radius 1 is 0.658 bits per heavy atom. The van der Waals surface area contributed by atoms with Crippen molar-refractivity contribution in [3.05, 3.63) is 104 Å². The van der Waals surface area contributed by atoms with Crippen LogP contribution in [0.4, 0.5) is 27.2 Å². The van der Waals surface area contributed by atoms with Gasteiger partial charge in [-0.05, 0) is 104 Å². The topological polar surface area (TPSA) is 254 Å². The molecule has 3 aromatic carbocycles. The van der Waals surface area contributed by atoms with Crippen LogP contribution in [0.15, 0.2) is 60.7 Å². The van der Waals surface area contributed by atoms with Gasteiger partial charge in [0.15, 0.2) is 6.10 Å². The third kappa shape index (κ3) is 15.8. The van der Waals surface area contributed by atoms with Crippen LogP contribution < -0.4 is 0 Å². The minimum Gasteiger partial charge on any atom is -0.464 e. The average molecular weight is 1190 g/mol. The van der Waals surface area contributed by atoms with Crippen LogP contribution in [0.3, 0.4) is 0 Å². The summed E-state index contributed by atoms with van der Waals surface area (Å²) >= 11 is -6.03. The van der Waals surface area contributed by atoms with Crippen LogP contribution in [0.5, 0.6) is 0 Å². The minimum absolute atomic E-state index is 0.00633. The van der Waals surface area contributed by atoms with Crippen molar-refractivity contribution in [2.24, 2.45) is 0 Å². The van der Waals surface area contributed by atoms with E-state index in [2.05, 4.69) is 0 Å². The van der Waals surface area contributed by atoms with Crippen LogP contribution in [0.2, 0.25) is 0 Å². The first-order chi connectivity index (χ1) is 35.2. The monoisotopic (exact) mass is 1190 g/mol. The number of aliphatic hydroxyl groups is 1. The first-order valence-electron chi connectivity index (χ1n) is 23.5. The number of carbonyl (C=O) groups excluding carboxylic acids is 9. The van der Waals surface area contributed by atoms with Gasteiger partial charge in [-0.1, -0.05) is 0 Å². The molecule has 2 fully saturated rings. The predicted molar refractivity (Wildman–Crippen MR) is 265 cm³/mol. The second kappa shape index (κ2) is 24.8. The normalized spacial score (nSPS) is 19.9. The van der Waals surface area contributed by atoms with Gasteiger partial charge in [0, 0.05) is 37.1 Å². The zero-order chi connectivity index (χ0) is 57.3. The number of nitrogens with zero attached hydrogens (tertiary/aromatic N) is 2. The number of hydrogen-bond donors (Lipinski definition) is 1. The number of hydrogen-bond acceptors (Lipinski definition) is 18. The third-order valence-corrected chi connectivity index (χ3v) is 18.8. The van der Waals surface area contributed by atoms with Gasteiger partial charge in [0.05, 0.1) is 19.3 Å². The van der Waals surface area contributed by atoms with E-state index in [1.165, 1.54) is 35.2 Å². The molecule has 3 aliphatic rings. The summed E-state index contributed by atoms with van der Waals surface area (Å²) in [5.74, 6) is -10.4. The van der Waals surface area contributed by atoms with E-state index in [4.69, 9.17) is 31.2 Å². The second-order valence-corrected chi connectivity index (χ2v) is 26.0. The van der Waals surface area contributed by atoms with Crippen molar-refractivity contribution in [1.29, 1.82) is 0 Å². The van der Waals surface area contributed by atoms with Gasteiger partial charge in [-0.25, -0.2) is 36.7 Å². The molecule has 0 aromatic heterocycles. The number of esters is 2. The van der Waals surface area contributed by atoms with Crippen molar-refractivity contribution in [3.8, 4) is 0 Å². The molecule has 25 heteroatoms. The molecule has 418 valence electrons. The van der Waals surface area contributed by atoms with E-state index in [9.17, 15) is 65.8 Å². The largest absolute Gasteiger partial charge is 0.464 e. The smallest absolute Gasteiger partial charge is 0.410 e. The predicted octanol–water partition coefficient (Wildman–Crippen LogP) is 8.13. The van der Waals surface area contributed by atoms with Crippen molar-refractivity contribution in [2.75, 3.05) is 26.3 Å². The molecule has 2 saturated heterocycles. The fourth-order valence-electron chi connectivity index (χ4n) is 8.01. The van der Waals surface area contributed by atoms with E-state index >= 15 is 0 Å². The first kappa shape index (κ1) is 61.6. The quantitative estimate of drug-likeness (QED) is 0.0625. The number of ketones is 1. The summed E-state index contributed by atoms with van der Waals surface area (Å²) in [5.41, 5.74) is -0.919. The van der Waals surface area contributed by atoms with Gasteiger partial charge in [0.1, 0.15) is 40.5 Å². The molecule has 0 spiro atoms. The van der Waals surface area contributed by atoms with Gasteiger partial charge in [-0.2, -0.15) is 0 Å². The van der Waals surface area contributed by atoms with Crippen molar-refractivity contribution in [3.63, 3.8) is 0 Å². The molecule has 20 nitrogen and oxygen atoms in total. The molecule has 3 aromatic rings. The van der Waals surface area contributed by atoms with Crippen molar-refractivity contribution in [2.45, 2.75) is 130 Å². The Labute approximate surface area is 438 Å². The number of carbonyl (C=O) groups is 9. The third-order valence-electron chi connectivity index (χ3n) is 10.6. The van der Waals surface area contributed by atoms with Gasteiger partial charge in [0.25, 0.3) is 5.78 Å². The molecule has 3 unspecified atom stereocenters. The maximum Gasteiger partial charge on any atom is 0.410 e. The molecule has 2 amide bonds. The molecule has 6 rings (SSSR count). The van der Waals surface area contributed by atoms with Crippen molar-refractivity contribution in [1.82, 2.24) is 9.80 Å². The standard InChI is InChI=1S/C19H25F2NO5.C19H23F2NO5.C13H13IO8/c2*1-5-26-17(24)16(23)15-8-12(11-6-13(20)9-14(21)7-11)10-22(15)18(25)27-19(2,3)4;1-8(15)19-14(20-9(2)16,21-10(3)17)12-7-5-4-6-11(12)13(18)22-14/h6-7,9,12,15-16,23H,5,8,10H2,1-4H3;6-7,9,12,15H,5,8,10H2,1-4H3;4-7H,1-3H3/t12-,15?,16?;12-,15?;/m11./s1. The summed E-state index contributed by atoms with van der Waals surface area (Å²) in [6.07, 6.45) is -2.89. The van der Waals surface area contributed by atoms with Crippen LogP contribution in [0.1, 0.15) is 122 Å². The Morgan fingerprint density at radius 2 is 1.08 bits per heavy atom. The van der Waals surface area contributed by atoms with E-state index < -0.39 is 137 Å². The molecule has 76 heavy (non-hydrogen) atoms. The number of rotatable bonds is 11. The van der Waals surface area contributed by atoms with Crippen LogP contribution in [-0.4, -0.2) is 124 Å². The molecular weight excluding hydrogens is 1130 g/mol. The van der Waals surface area contributed by atoms with Crippen LogP contribution >= 0.6 is 18.7 Å². The molecule has 0 bridgehead atoms. The molecule has 0 aliphatic carbocycles. The van der Waals surface area contributed by atoms with E-state index in [-0.39, 0.29) is 48.3 Å². The summed E-state index contributed by atoms with van der Waals surface area (Å²) in [6.45, 7) is 16.5. The zero-order valence-electron chi connectivity index (χ0n) is 43.6. The Bertz CT molecular complexity index is 2630. The maximum atomic E-state index is 13.6. The minimum atomic E-state index is -6.03. The molecule has 0 radical (unpaired) electrons.